The molecule has 0 fully saturated rings. The molecule has 24 heavy (non-hydrogen) atoms. The molecule has 1 aromatic heterocycles. The molecule has 4 rings (SSSR count). The molecule has 0 radical (unpaired) electrons. The summed E-state index contributed by atoms with van der Waals surface area (Å²) in [5, 5.41) is 6.99. The first kappa shape index (κ1) is 15.1. The molecule has 1 aliphatic rings. The first-order chi connectivity index (χ1) is 11.8. The van der Waals surface area contributed by atoms with E-state index in [-0.39, 0.29) is 6.04 Å². The van der Waals surface area contributed by atoms with Gasteiger partial charge in [0.1, 0.15) is 0 Å². The van der Waals surface area contributed by atoms with E-state index in [1.165, 1.54) is 5.56 Å². The van der Waals surface area contributed by atoms with E-state index in [0.717, 1.165) is 28.0 Å². The molecule has 0 aliphatic carbocycles. The number of rotatable bonds is 3. The molecule has 3 aromatic rings. The van der Waals surface area contributed by atoms with E-state index in [1.54, 1.807) is 0 Å². The van der Waals surface area contributed by atoms with Crippen LogP contribution in [0.2, 0.25) is 0 Å². The average Bonchev–Trinajstić information content (AvgIpc) is 3.09. The van der Waals surface area contributed by atoms with E-state index in [2.05, 4.69) is 62.3 Å². The SMILES string of the molecule is Brc1ccc(N2N=C(c3ccccn3)CC2c2ccccc2)cc1. The van der Waals surface area contributed by atoms with E-state index in [1.807, 2.05) is 42.6 Å². The number of anilines is 1. The van der Waals surface area contributed by atoms with Crippen LogP contribution in [0.4, 0.5) is 5.69 Å². The molecule has 2 aromatic carbocycles. The Labute approximate surface area is 149 Å². The van der Waals surface area contributed by atoms with E-state index in [9.17, 15) is 0 Å². The van der Waals surface area contributed by atoms with Gasteiger partial charge in [0.15, 0.2) is 0 Å². The van der Waals surface area contributed by atoms with Crippen molar-refractivity contribution in [3.63, 3.8) is 0 Å². The predicted octanol–water partition coefficient (Wildman–Crippen LogP) is 5.20. The highest BCUT2D eigenvalue weighted by Gasteiger charge is 2.30. The zero-order valence-corrected chi connectivity index (χ0v) is 14.6. The summed E-state index contributed by atoms with van der Waals surface area (Å²) in [5.74, 6) is 0. The normalized spacial score (nSPS) is 17.0. The van der Waals surface area contributed by atoms with Gasteiger partial charge in [0.05, 0.1) is 23.1 Å². The van der Waals surface area contributed by atoms with E-state index in [0.29, 0.717) is 0 Å². The molecule has 0 saturated heterocycles. The van der Waals surface area contributed by atoms with Crippen molar-refractivity contribution in [1.82, 2.24) is 4.98 Å². The topological polar surface area (TPSA) is 28.5 Å². The van der Waals surface area contributed by atoms with E-state index in [4.69, 9.17) is 5.10 Å². The predicted molar refractivity (Wildman–Crippen MR) is 101 cm³/mol. The number of benzene rings is 2. The first-order valence-corrected chi connectivity index (χ1v) is 8.69. The van der Waals surface area contributed by atoms with Gasteiger partial charge in [0, 0.05) is 17.1 Å². The van der Waals surface area contributed by atoms with Gasteiger partial charge in [-0.05, 0) is 42.0 Å². The van der Waals surface area contributed by atoms with Crippen molar-refractivity contribution in [2.24, 2.45) is 5.10 Å². The lowest BCUT2D eigenvalue weighted by Crippen LogP contribution is -2.18. The highest BCUT2D eigenvalue weighted by atomic mass is 79.9. The second kappa shape index (κ2) is 6.57. The summed E-state index contributed by atoms with van der Waals surface area (Å²) in [6, 6.07) is 24.9. The number of halogens is 1. The standard InChI is InChI=1S/C20H16BrN3/c21-16-9-11-17(12-10-16)24-20(15-6-2-1-3-7-15)14-19(23-24)18-8-4-5-13-22-18/h1-13,20H,14H2. The number of hydrogen-bond acceptors (Lipinski definition) is 3. The van der Waals surface area contributed by atoms with Crippen LogP contribution in [0.3, 0.4) is 0 Å². The molecular formula is C20H16BrN3. The lowest BCUT2D eigenvalue weighted by molar-refractivity contribution is 0.709. The largest absolute Gasteiger partial charge is 0.257 e. The van der Waals surface area contributed by atoms with Gasteiger partial charge in [-0.2, -0.15) is 5.10 Å². The van der Waals surface area contributed by atoms with E-state index >= 15 is 0 Å². The Morgan fingerprint density at radius 3 is 2.33 bits per heavy atom. The molecule has 0 N–H and O–H groups in total. The van der Waals surface area contributed by atoms with Crippen LogP contribution in [0.5, 0.6) is 0 Å². The third-order valence-electron chi connectivity index (χ3n) is 4.15. The van der Waals surface area contributed by atoms with Crippen molar-refractivity contribution in [3.8, 4) is 0 Å². The maximum Gasteiger partial charge on any atom is 0.0890 e. The molecule has 0 spiro atoms. The van der Waals surface area contributed by atoms with Crippen molar-refractivity contribution < 1.29 is 0 Å². The second-order valence-corrected chi connectivity index (χ2v) is 6.63. The second-order valence-electron chi connectivity index (χ2n) is 5.71. The first-order valence-electron chi connectivity index (χ1n) is 7.90. The molecule has 2 heterocycles. The van der Waals surface area contributed by atoms with Crippen LogP contribution in [0.15, 0.2) is 88.6 Å². The molecule has 0 bridgehead atoms. The van der Waals surface area contributed by atoms with Crippen LogP contribution in [0.25, 0.3) is 0 Å². The molecule has 0 saturated carbocycles. The van der Waals surface area contributed by atoms with Crippen LogP contribution in [-0.4, -0.2) is 10.7 Å². The quantitative estimate of drug-likeness (QED) is 0.627. The molecule has 1 aliphatic heterocycles. The highest BCUT2D eigenvalue weighted by Crippen LogP contribution is 2.36. The Kier molecular flexibility index (Phi) is 4.13. The Balaban J connectivity index is 1.75. The molecular weight excluding hydrogens is 362 g/mol. The summed E-state index contributed by atoms with van der Waals surface area (Å²) < 4.78 is 1.07. The molecule has 1 unspecified atom stereocenters. The summed E-state index contributed by atoms with van der Waals surface area (Å²) >= 11 is 3.50. The van der Waals surface area contributed by atoms with Gasteiger partial charge in [-0.1, -0.05) is 52.3 Å². The van der Waals surface area contributed by atoms with Gasteiger partial charge < -0.3 is 0 Å². The van der Waals surface area contributed by atoms with Crippen molar-refractivity contribution in [3.05, 3.63) is 94.7 Å². The lowest BCUT2D eigenvalue weighted by Gasteiger charge is -2.24. The zero-order valence-electron chi connectivity index (χ0n) is 13.0. The number of hydrazone groups is 1. The fourth-order valence-electron chi connectivity index (χ4n) is 2.97. The zero-order chi connectivity index (χ0) is 16.4. The van der Waals surface area contributed by atoms with Crippen molar-refractivity contribution in [1.29, 1.82) is 0 Å². The third-order valence-corrected chi connectivity index (χ3v) is 4.68. The van der Waals surface area contributed by atoms with Gasteiger partial charge in [0.2, 0.25) is 0 Å². The highest BCUT2D eigenvalue weighted by molar-refractivity contribution is 9.10. The summed E-state index contributed by atoms with van der Waals surface area (Å²) in [7, 11) is 0. The number of aromatic nitrogens is 1. The van der Waals surface area contributed by atoms with Gasteiger partial charge >= 0.3 is 0 Å². The summed E-state index contributed by atoms with van der Waals surface area (Å²) in [6.07, 6.45) is 2.66. The maximum atomic E-state index is 4.89. The summed E-state index contributed by atoms with van der Waals surface area (Å²) in [6.45, 7) is 0. The maximum absolute atomic E-state index is 4.89. The number of hydrogen-bond donors (Lipinski definition) is 0. The van der Waals surface area contributed by atoms with E-state index < -0.39 is 0 Å². The van der Waals surface area contributed by atoms with Gasteiger partial charge in [-0.15, -0.1) is 0 Å². The lowest BCUT2D eigenvalue weighted by atomic mass is 10.00. The molecule has 3 nitrogen and oxygen atoms in total. The van der Waals surface area contributed by atoms with Crippen LogP contribution >= 0.6 is 15.9 Å². The monoisotopic (exact) mass is 377 g/mol. The van der Waals surface area contributed by atoms with Crippen LogP contribution < -0.4 is 5.01 Å². The van der Waals surface area contributed by atoms with Crippen molar-refractivity contribution >= 4 is 27.3 Å². The van der Waals surface area contributed by atoms with Crippen molar-refractivity contribution in [2.75, 3.05) is 5.01 Å². The smallest absolute Gasteiger partial charge is 0.0890 e. The van der Waals surface area contributed by atoms with Crippen LogP contribution in [0, 0.1) is 0 Å². The molecule has 1 atom stereocenters. The minimum atomic E-state index is 0.185. The molecule has 118 valence electrons. The Hall–Kier alpha value is -2.46. The van der Waals surface area contributed by atoms with Gasteiger partial charge in [-0.3, -0.25) is 9.99 Å². The Morgan fingerprint density at radius 1 is 0.875 bits per heavy atom. The van der Waals surface area contributed by atoms with Crippen molar-refractivity contribution in [2.45, 2.75) is 12.5 Å². The number of pyridine rings is 1. The minimum absolute atomic E-state index is 0.185. The fraction of sp³-hybridized carbons (Fsp3) is 0.100. The fourth-order valence-corrected chi connectivity index (χ4v) is 3.23. The van der Waals surface area contributed by atoms with Gasteiger partial charge in [0.25, 0.3) is 0 Å². The Morgan fingerprint density at radius 2 is 1.62 bits per heavy atom. The van der Waals surface area contributed by atoms with Crippen LogP contribution in [0.1, 0.15) is 23.7 Å². The Bertz CT molecular complexity index is 845. The minimum Gasteiger partial charge on any atom is -0.257 e. The molecule has 4 heteroatoms. The number of nitrogens with zero attached hydrogens (tertiary/aromatic N) is 3. The summed E-state index contributed by atoms with van der Waals surface area (Å²) in [5.41, 5.74) is 4.30. The van der Waals surface area contributed by atoms with Gasteiger partial charge in [-0.25, -0.2) is 0 Å². The summed E-state index contributed by atoms with van der Waals surface area (Å²) in [4.78, 5) is 4.47. The molecule has 0 amide bonds. The van der Waals surface area contributed by atoms with Crippen LogP contribution in [-0.2, 0) is 0 Å². The average molecular weight is 378 g/mol. The third kappa shape index (κ3) is 2.97.